The fourth-order valence-corrected chi connectivity index (χ4v) is 3.15. The summed E-state index contributed by atoms with van der Waals surface area (Å²) in [6.45, 7) is 0.381. The smallest absolute Gasteiger partial charge is 0.392 e. The predicted octanol–water partition coefficient (Wildman–Crippen LogP) is 3.88. The molecule has 0 saturated heterocycles. The van der Waals surface area contributed by atoms with Crippen LogP contribution in [0.3, 0.4) is 0 Å². The minimum absolute atomic E-state index is 0.0387. The molecule has 1 saturated carbocycles. The van der Waals surface area contributed by atoms with Gasteiger partial charge in [-0.1, -0.05) is 12.8 Å². The number of Topliss-reactive ketones (excluding diaryl/α,β-unsaturated/α-hetero) is 1. The molecule has 0 spiro atoms. The SMILES string of the molecule is CC(=O)Nc1ccc(C(=O)COC(=O)[C@@H]2CCCC[C@H]2C(F)(F)F)c(F)c1. The average molecular weight is 389 g/mol. The van der Waals surface area contributed by atoms with Crippen LogP contribution in [0.5, 0.6) is 0 Å². The Bertz CT molecular complexity index is 733. The zero-order chi connectivity index (χ0) is 20.2. The van der Waals surface area contributed by atoms with Gasteiger partial charge in [0.2, 0.25) is 11.7 Å². The van der Waals surface area contributed by atoms with E-state index < -0.39 is 48.1 Å². The number of ketones is 1. The maximum atomic E-state index is 14.0. The molecule has 1 aliphatic carbocycles. The van der Waals surface area contributed by atoms with Crippen LogP contribution in [-0.4, -0.2) is 30.4 Å². The number of alkyl halides is 3. The lowest BCUT2D eigenvalue weighted by molar-refractivity contribution is -0.204. The van der Waals surface area contributed by atoms with Crippen LogP contribution in [0.15, 0.2) is 18.2 Å². The summed E-state index contributed by atoms with van der Waals surface area (Å²) in [5, 5.41) is 2.34. The van der Waals surface area contributed by atoms with E-state index in [4.69, 9.17) is 4.74 Å². The molecule has 148 valence electrons. The van der Waals surface area contributed by atoms with Gasteiger partial charge >= 0.3 is 12.1 Å². The van der Waals surface area contributed by atoms with Crippen molar-refractivity contribution in [3.63, 3.8) is 0 Å². The number of nitrogens with one attached hydrogen (secondary N) is 1. The van der Waals surface area contributed by atoms with E-state index in [1.54, 1.807) is 0 Å². The summed E-state index contributed by atoms with van der Waals surface area (Å²) in [5.41, 5.74) is -0.239. The van der Waals surface area contributed by atoms with Crippen molar-refractivity contribution < 1.29 is 36.7 Å². The quantitative estimate of drug-likeness (QED) is 0.471. The molecule has 1 fully saturated rings. The summed E-state index contributed by atoms with van der Waals surface area (Å²) in [5.74, 6) is -6.47. The Kier molecular flexibility index (Phi) is 6.56. The lowest BCUT2D eigenvalue weighted by Crippen LogP contribution is -2.38. The van der Waals surface area contributed by atoms with Crippen LogP contribution in [-0.2, 0) is 14.3 Å². The van der Waals surface area contributed by atoms with Gasteiger partial charge in [-0.25, -0.2) is 4.39 Å². The third-order valence-electron chi connectivity index (χ3n) is 4.42. The molecule has 27 heavy (non-hydrogen) atoms. The van der Waals surface area contributed by atoms with Crippen LogP contribution >= 0.6 is 0 Å². The standard InChI is InChI=1S/C18H19F4NO4/c1-10(24)23-11-6-7-13(15(19)8-11)16(25)9-27-17(26)12-4-2-3-5-14(12)18(20,21)22/h6-8,12,14H,2-5,9H2,1H3,(H,23,24)/t12-,14-/m1/s1. The van der Waals surface area contributed by atoms with Crippen molar-refractivity contribution in [2.75, 3.05) is 11.9 Å². The fourth-order valence-electron chi connectivity index (χ4n) is 3.15. The maximum Gasteiger partial charge on any atom is 0.392 e. The Morgan fingerprint density at radius 2 is 1.85 bits per heavy atom. The van der Waals surface area contributed by atoms with Gasteiger partial charge in [-0.3, -0.25) is 14.4 Å². The highest BCUT2D eigenvalue weighted by atomic mass is 19.4. The first-order chi connectivity index (χ1) is 12.6. The highest BCUT2D eigenvalue weighted by Crippen LogP contribution is 2.41. The van der Waals surface area contributed by atoms with Gasteiger partial charge in [0.1, 0.15) is 5.82 Å². The lowest BCUT2D eigenvalue weighted by atomic mass is 9.79. The molecule has 1 N–H and O–H groups in total. The molecule has 2 rings (SSSR count). The van der Waals surface area contributed by atoms with Crippen molar-refractivity contribution in [1.82, 2.24) is 0 Å². The second kappa shape index (κ2) is 8.49. The summed E-state index contributed by atoms with van der Waals surface area (Å²) >= 11 is 0. The molecule has 9 heteroatoms. The molecule has 1 aliphatic rings. The molecular weight excluding hydrogens is 370 g/mol. The van der Waals surface area contributed by atoms with Crippen molar-refractivity contribution in [2.45, 2.75) is 38.8 Å². The van der Waals surface area contributed by atoms with Crippen LogP contribution in [0.4, 0.5) is 23.2 Å². The Morgan fingerprint density at radius 1 is 1.19 bits per heavy atom. The van der Waals surface area contributed by atoms with E-state index in [-0.39, 0.29) is 24.1 Å². The monoisotopic (exact) mass is 389 g/mol. The second-order valence-corrected chi connectivity index (χ2v) is 6.45. The molecule has 1 aromatic rings. The first kappa shape index (κ1) is 20.9. The number of benzene rings is 1. The molecule has 0 aromatic heterocycles. The number of carbonyl (C=O) groups excluding carboxylic acids is 3. The number of carbonyl (C=O) groups is 3. The van der Waals surface area contributed by atoms with E-state index in [0.29, 0.717) is 12.8 Å². The average Bonchev–Trinajstić information content (AvgIpc) is 2.58. The molecule has 5 nitrogen and oxygen atoms in total. The zero-order valence-electron chi connectivity index (χ0n) is 14.6. The summed E-state index contributed by atoms with van der Waals surface area (Å²) in [6.07, 6.45) is -3.79. The largest absolute Gasteiger partial charge is 0.457 e. The molecule has 0 aliphatic heterocycles. The summed E-state index contributed by atoms with van der Waals surface area (Å²) in [7, 11) is 0. The third-order valence-corrected chi connectivity index (χ3v) is 4.42. The highest BCUT2D eigenvalue weighted by molar-refractivity contribution is 5.99. The van der Waals surface area contributed by atoms with Gasteiger partial charge in [-0.15, -0.1) is 0 Å². The number of anilines is 1. The summed E-state index contributed by atoms with van der Waals surface area (Å²) < 4.78 is 57.9. The van der Waals surface area contributed by atoms with Gasteiger partial charge in [-0.2, -0.15) is 13.2 Å². The van der Waals surface area contributed by atoms with Crippen LogP contribution in [0, 0.1) is 17.7 Å². The van der Waals surface area contributed by atoms with Crippen molar-refractivity contribution in [2.24, 2.45) is 11.8 Å². The minimum Gasteiger partial charge on any atom is -0.457 e. The summed E-state index contributed by atoms with van der Waals surface area (Å²) in [6, 6.07) is 3.33. The van der Waals surface area contributed by atoms with Crippen molar-refractivity contribution >= 4 is 23.3 Å². The van der Waals surface area contributed by atoms with Crippen LogP contribution in [0.1, 0.15) is 43.0 Å². The normalized spacial score (nSPS) is 20.0. The highest BCUT2D eigenvalue weighted by Gasteiger charge is 2.48. The number of halogens is 4. The topological polar surface area (TPSA) is 72.5 Å². The first-order valence-electron chi connectivity index (χ1n) is 8.43. The second-order valence-electron chi connectivity index (χ2n) is 6.45. The van der Waals surface area contributed by atoms with Crippen LogP contribution in [0.2, 0.25) is 0 Å². The number of ether oxygens (including phenoxy) is 1. The summed E-state index contributed by atoms with van der Waals surface area (Å²) in [4.78, 5) is 35.0. The van der Waals surface area contributed by atoms with E-state index in [2.05, 4.69) is 5.32 Å². The Labute approximate surface area is 153 Å². The van der Waals surface area contributed by atoms with Crippen molar-refractivity contribution in [3.8, 4) is 0 Å². The number of hydrogen-bond acceptors (Lipinski definition) is 4. The van der Waals surface area contributed by atoms with Gasteiger partial charge < -0.3 is 10.1 Å². The number of rotatable bonds is 5. The van der Waals surface area contributed by atoms with Gasteiger partial charge in [0.25, 0.3) is 0 Å². The zero-order valence-corrected chi connectivity index (χ0v) is 14.6. The molecular formula is C18H19F4NO4. The molecule has 1 aromatic carbocycles. The number of esters is 1. The van der Waals surface area contributed by atoms with E-state index in [1.165, 1.54) is 13.0 Å². The Hall–Kier alpha value is -2.45. The van der Waals surface area contributed by atoms with Gasteiger partial charge in [-0.05, 0) is 31.0 Å². The molecule has 1 amide bonds. The minimum atomic E-state index is -4.51. The number of amides is 1. The molecule has 2 atom stereocenters. The molecule has 0 bridgehead atoms. The van der Waals surface area contributed by atoms with Crippen molar-refractivity contribution in [1.29, 1.82) is 0 Å². The van der Waals surface area contributed by atoms with E-state index in [1.807, 2.05) is 0 Å². The molecule has 0 unspecified atom stereocenters. The van der Waals surface area contributed by atoms with E-state index in [0.717, 1.165) is 12.1 Å². The fraction of sp³-hybridized carbons (Fsp3) is 0.500. The predicted molar refractivity (Wildman–Crippen MR) is 87.5 cm³/mol. The van der Waals surface area contributed by atoms with Crippen molar-refractivity contribution in [3.05, 3.63) is 29.6 Å². The van der Waals surface area contributed by atoms with Crippen LogP contribution < -0.4 is 5.32 Å². The van der Waals surface area contributed by atoms with Gasteiger partial charge in [0.05, 0.1) is 17.4 Å². The van der Waals surface area contributed by atoms with E-state index in [9.17, 15) is 31.9 Å². The number of hydrogen-bond donors (Lipinski definition) is 1. The van der Waals surface area contributed by atoms with Gasteiger partial charge in [0, 0.05) is 12.6 Å². The van der Waals surface area contributed by atoms with Gasteiger partial charge in [0.15, 0.2) is 6.61 Å². The Balaban J connectivity index is 2.00. The van der Waals surface area contributed by atoms with E-state index >= 15 is 0 Å². The first-order valence-corrected chi connectivity index (χ1v) is 8.43. The third kappa shape index (κ3) is 5.51. The van der Waals surface area contributed by atoms with Crippen LogP contribution in [0.25, 0.3) is 0 Å². The lowest BCUT2D eigenvalue weighted by Gasteiger charge is -2.31. The Morgan fingerprint density at radius 3 is 2.44 bits per heavy atom. The molecule has 0 heterocycles. The maximum absolute atomic E-state index is 14.0. The molecule has 0 radical (unpaired) electrons.